The molecule has 1 spiro atoms. The molecular weight excluding hydrogens is 397 g/mol. The SMILES string of the molecule is CN1CCN(C(=O)c2cccc(CC3CCNC3)c2)CC12CCOCC2.Cl.Cl. The Hall–Kier alpha value is -0.850. The summed E-state index contributed by atoms with van der Waals surface area (Å²) in [5.41, 5.74) is 2.24. The van der Waals surface area contributed by atoms with E-state index in [1.807, 2.05) is 12.1 Å². The second kappa shape index (κ2) is 10.3. The quantitative estimate of drug-likeness (QED) is 0.801. The van der Waals surface area contributed by atoms with Crippen LogP contribution in [-0.4, -0.2) is 74.2 Å². The highest BCUT2D eigenvalue weighted by Gasteiger charge is 2.42. The van der Waals surface area contributed by atoms with Gasteiger partial charge in [0.2, 0.25) is 0 Å². The van der Waals surface area contributed by atoms with Gasteiger partial charge in [-0.1, -0.05) is 12.1 Å². The number of halogens is 2. The van der Waals surface area contributed by atoms with Crippen molar-refractivity contribution >= 4 is 30.7 Å². The van der Waals surface area contributed by atoms with Crippen LogP contribution in [0, 0.1) is 5.92 Å². The molecule has 1 atom stereocenters. The van der Waals surface area contributed by atoms with Crippen molar-refractivity contribution in [3.63, 3.8) is 0 Å². The van der Waals surface area contributed by atoms with E-state index in [2.05, 4.69) is 34.3 Å². The molecule has 1 amide bonds. The first-order valence-electron chi connectivity index (χ1n) is 10.0. The lowest BCUT2D eigenvalue weighted by atomic mass is 9.85. The zero-order valence-corrected chi connectivity index (χ0v) is 18.3. The Balaban J connectivity index is 0.00000140. The lowest BCUT2D eigenvalue weighted by Crippen LogP contribution is -2.63. The summed E-state index contributed by atoms with van der Waals surface area (Å²) in [5.74, 6) is 0.893. The highest BCUT2D eigenvalue weighted by Crippen LogP contribution is 2.31. The van der Waals surface area contributed by atoms with Gasteiger partial charge in [0.15, 0.2) is 0 Å². The molecule has 0 aliphatic carbocycles. The van der Waals surface area contributed by atoms with Gasteiger partial charge >= 0.3 is 0 Å². The minimum atomic E-state index is 0. The lowest BCUT2D eigenvalue weighted by molar-refractivity contribution is -0.0543. The highest BCUT2D eigenvalue weighted by atomic mass is 35.5. The number of nitrogens with zero attached hydrogens (tertiary/aromatic N) is 2. The number of carbonyl (C=O) groups excluding carboxylic acids is 1. The van der Waals surface area contributed by atoms with Crippen LogP contribution in [0.15, 0.2) is 24.3 Å². The van der Waals surface area contributed by atoms with Gasteiger partial charge in [-0.2, -0.15) is 0 Å². The van der Waals surface area contributed by atoms with Gasteiger partial charge in [0.05, 0.1) is 0 Å². The molecule has 3 fully saturated rings. The van der Waals surface area contributed by atoms with E-state index in [0.29, 0.717) is 5.92 Å². The molecule has 1 aromatic rings. The molecule has 3 saturated heterocycles. The van der Waals surface area contributed by atoms with Crippen LogP contribution in [0.2, 0.25) is 0 Å². The molecule has 5 nitrogen and oxygen atoms in total. The molecule has 1 N–H and O–H groups in total. The zero-order valence-electron chi connectivity index (χ0n) is 16.7. The van der Waals surface area contributed by atoms with E-state index in [4.69, 9.17) is 4.74 Å². The number of likely N-dealkylation sites (N-methyl/N-ethyl adjacent to an activating group) is 1. The normalized spacial score (nSPS) is 24.5. The molecule has 1 aromatic carbocycles. The van der Waals surface area contributed by atoms with Gasteiger partial charge in [-0.3, -0.25) is 9.69 Å². The van der Waals surface area contributed by atoms with Crippen LogP contribution in [0.5, 0.6) is 0 Å². The van der Waals surface area contributed by atoms with Crippen LogP contribution in [-0.2, 0) is 11.2 Å². The van der Waals surface area contributed by atoms with Crippen LogP contribution in [0.3, 0.4) is 0 Å². The van der Waals surface area contributed by atoms with Crippen molar-refractivity contribution in [1.82, 2.24) is 15.1 Å². The summed E-state index contributed by atoms with van der Waals surface area (Å²) in [5, 5.41) is 3.43. The second-order valence-corrected chi connectivity index (χ2v) is 8.25. The molecule has 28 heavy (non-hydrogen) atoms. The predicted octanol–water partition coefficient (Wildman–Crippen LogP) is 2.62. The largest absolute Gasteiger partial charge is 0.381 e. The molecule has 1 unspecified atom stereocenters. The van der Waals surface area contributed by atoms with Gasteiger partial charge in [0, 0.05) is 44.0 Å². The van der Waals surface area contributed by atoms with Crippen molar-refractivity contribution < 1.29 is 9.53 Å². The minimum Gasteiger partial charge on any atom is -0.381 e. The van der Waals surface area contributed by atoms with Crippen molar-refractivity contribution in [2.24, 2.45) is 5.92 Å². The predicted molar refractivity (Wildman–Crippen MR) is 117 cm³/mol. The van der Waals surface area contributed by atoms with E-state index >= 15 is 0 Å². The smallest absolute Gasteiger partial charge is 0.253 e. The Morgan fingerprint density at radius 3 is 2.75 bits per heavy atom. The fraction of sp³-hybridized carbons (Fsp3) is 0.667. The number of carbonyl (C=O) groups is 1. The standard InChI is InChI=1S/C21H31N3O2.2ClH/c1-23-9-10-24(16-21(23)6-11-26-12-7-21)20(25)19-4-2-3-17(14-19)13-18-5-8-22-15-18;;/h2-4,14,18,22H,5-13,15-16H2,1H3;2*1H. The number of ether oxygens (including phenoxy) is 1. The first kappa shape index (κ1) is 23.4. The number of rotatable bonds is 3. The van der Waals surface area contributed by atoms with E-state index in [1.165, 1.54) is 12.0 Å². The van der Waals surface area contributed by atoms with E-state index in [0.717, 1.165) is 70.8 Å². The summed E-state index contributed by atoms with van der Waals surface area (Å²) >= 11 is 0. The number of hydrogen-bond acceptors (Lipinski definition) is 4. The number of hydrogen-bond donors (Lipinski definition) is 1. The van der Waals surface area contributed by atoms with Crippen LogP contribution in [0.1, 0.15) is 35.2 Å². The van der Waals surface area contributed by atoms with Gasteiger partial charge in [-0.05, 0) is 69.4 Å². The molecule has 3 aliphatic rings. The molecule has 3 heterocycles. The third-order valence-corrected chi connectivity index (χ3v) is 6.57. The number of nitrogens with one attached hydrogen (secondary N) is 1. The monoisotopic (exact) mass is 429 g/mol. The Kier molecular flexibility index (Phi) is 8.59. The van der Waals surface area contributed by atoms with Gasteiger partial charge in [-0.15, -0.1) is 24.8 Å². The number of benzene rings is 1. The summed E-state index contributed by atoms with van der Waals surface area (Å²) < 4.78 is 5.57. The minimum absolute atomic E-state index is 0. The zero-order chi connectivity index (χ0) is 18.0. The molecular formula is C21H33Cl2N3O2. The van der Waals surface area contributed by atoms with Crippen LogP contribution < -0.4 is 5.32 Å². The molecule has 0 aromatic heterocycles. The number of amides is 1. The van der Waals surface area contributed by atoms with E-state index < -0.39 is 0 Å². The first-order chi connectivity index (χ1) is 12.7. The van der Waals surface area contributed by atoms with Gasteiger partial charge in [0.1, 0.15) is 0 Å². The maximum atomic E-state index is 13.2. The van der Waals surface area contributed by atoms with E-state index in [1.54, 1.807) is 0 Å². The van der Waals surface area contributed by atoms with Crippen LogP contribution in [0.25, 0.3) is 0 Å². The highest BCUT2D eigenvalue weighted by molar-refractivity contribution is 5.94. The first-order valence-corrected chi connectivity index (χ1v) is 10.0. The molecule has 4 rings (SSSR count). The topological polar surface area (TPSA) is 44.8 Å². The lowest BCUT2D eigenvalue weighted by Gasteiger charge is -2.51. The van der Waals surface area contributed by atoms with Crippen LogP contribution in [0.4, 0.5) is 0 Å². The molecule has 7 heteroatoms. The Morgan fingerprint density at radius 1 is 1.25 bits per heavy atom. The number of piperazine rings is 1. The molecule has 0 bridgehead atoms. The van der Waals surface area contributed by atoms with Crippen LogP contribution >= 0.6 is 24.8 Å². The average molecular weight is 430 g/mol. The summed E-state index contributed by atoms with van der Waals surface area (Å²) in [6.45, 7) is 6.41. The average Bonchev–Trinajstić information content (AvgIpc) is 3.17. The summed E-state index contributed by atoms with van der Waals surface area (Å²) in [7, 11) is 2.20. The van der Waals surface area contributed by atoms with Crippen molar-refractivity contribution in [2.75, 3.05) is 53.0 Å². The van der Waals surface area contributed by atoms with Crippen molar-refractivity contribution in [3.05, 3.63) is 35.4 Å². The van der Waals surface area contributed by atoms with Gasteiger partial charge < -0.3 is 15.0 Å². The fourth-order valence-corrected chi connectivity index (χ4v) is 4.76. The van der Waals surface area contributed by atoms with Crippen molar-refractivity contribution in [2.45, 2.75) is 31.2 Å². The van der Waals surface area contributed by atoms with E-state index in [-0.39, 0.29) is 36.3 Å². The maximum Gasteiger partial charge on any atom is 0.253 e. The molecule has 158 valence electrons. The third-order valence-electron chi connectivity index (χ3n) is 6.57. The van der Waals surface area contributed by atoms with Crippen molar-refractivity contribution in [1.29, 1.82) is 0 Å². The molecule has 3 aliphatic heterocycles. The van der Waals surface area contributed by atoms with Crippen molar-refractivity contribution in [3.8, 4) is 0 Å². The fourth-order valence-electron chi connectivity index (χ4n) is 4.76. The second-order valence-electron chi connectivity index (χ2n) is 8.25. The summed E-state index contributed by atoms with van der Waals surface area (Å²) in [4.78, 5) is 17.7. The molecule has 0 saturated carbocycles. The Bertz CT molecular complexity index is 646. The summed E-state index contributed by atoms with van der Waals surface area (Å²) in [6.07, 6.45) is 4.34. The van der Waals surface area contributed by atoms with Gasteiger partial charge in [0.25, 0.3) is 5.91 Å². The van der Waals surface area contributed by atoms with Gasteiger partial charge in [-0.25, -0.2) is 0 Å². The third kappa shape index (κ3) is 5.00. The van der Waals surface area contributed by atoms with E-state index in [9.17, 15) is 4.79 Å². The Morgan fingerprint density at radius 2 is 2.04 bits per heavy atom. The maximum absolute atomic E-state index is 13.2. The Labute approximate surface area is 181 Å². The molecule has 0 radical (unpaired) electrons. The summed E-state index contributed by atoms with van der Waals surface area (Å²) in [6, 6.07) is 8.31.